The maximum atomic E-state index is 12.2. The van der Waals surface area contributed by atoms with Crippen molar-refractivity contribution in [2.75, 3.05) is 26.7 Å². The first-order chi connectivity index (χ1) is 11.1. The Morgan fingerprint density at radius 3 is 2.35 bits per heavy atom. The predicted molar refractivity (Wildman–Crippen MR) is 94.2 cm³/mol. The summed E-state index contributed by atoms with van der Waals surface area (Å²) in [7, 11) is 2.00. The Morgan fingerprint density at radius 2 is 1.78 bits per heavy atom. The van der Waals surface area contributed by atoms with Crippen molar-refractivity contribution in [3.63, 3.8) is 0 Å². The summed E-state index contributed by atoms with van der Waals surface area (Å²) in [6.07, 6.45) is 5.89. The highest BCUT2D eigenvalue weighted by molar-refractivity contribution is 5.79. The molecule has 0 N–H and O–H groups in total. The molecule has 2 fully saturated rings. The molecular formula is C20H30N2O. The number of amides is 1. The number of benzene rings is 1. The summed E-state index contributed by atoms with van der Waals surface area (Å²) in [6, 6.07) is 8.88. The predicted octanol–water partition coefficient (Wildman–Crippen LogP) is 3.47. The first-order valence-corrected chi connectivity index (χ1v) is 9.14. The lowest BCUT2D eigenvalue weighted by Crippen LogP contribution is -2.42. The third-order valence-electron chi connectivity index (χ3n) is 5.60. The smallest absolute Gasteiger partial charge is 0.225 e. The molecule has 1 aliphatic carbocycles. The second kappa shape index (κ2) is 7.48. The van der Waals surface area contributed by atoms with E-state index in [1.807, 2.05) is 11.9 Å². The van der Waals surface area contributed by atoms with Crippen LogP contribution in [0.5, 0.6) is 0 Å². The Bertz CT molecular complexity index is 513. The molecule has 1 aromatic carbocycles. The van der Waals surface area contributed by atoms with Crippen LogP contribution in [-0.2, 0) is 11.3 Å². The zero-order valence-electron chi connectivity index (χ0n) is 14.6. The molecule has 2 aliphatic rings. The molecule has 0 unspecified atom stereocenters. The summed E-state index contributed by atoms with van der Waals surface area (Å²) in [5, 5.41) is 0. The molecule has 1 aliphatic heterocycles. The van der Waals surface area contributed by atoms with Gasteiger partial charge >= 0.3 is 0 Å². The van der Waals surface area contributed by atoms with Gasteiger partial charge in [0.1, 0.15) is 0 Å². The Hall–Kier alpha value is -1.35. The van der Waals surface area contributed by atoms with Crippen LogP contribution in [0.25, 0.3) is 0 Å². The molecule has 1 saturated carbocycles. The van der Waals surface area contributed by atoms with Gasteiger partial charge in [-0.3, -0.25) is 9.69 Å². The minimum absolute atomic E-state index is 0.335. The lowest BCUT2D eigenvalue weighted by molar-refractivity contribution is -0.137. The monoisotopic (exact) mass is 314 g/mol. The van der Waals surface area contributed by atoms with Crippen molar-refractivity contribution in [2.24, 2.45) is 11.8 Å². The number of aryl methyl sites for hydroxylation is 1. The van der Waals surface area contributed by atoms with Crippen LogP contribution in [0.15, 0.2) is 24.3 Å². The maximum absolute atomic E-state index is 12.2. The van der Waals surface area contributed by atoms with Crippen LogP contribution in [-0.4, -0.2) is 42.4 Å². The van der Waals surface area contributed by atoms with E-state index < -0.39 is 0 Å². The molecule has 23 heavy (non-hydrogen) atoms. The fourth-order valence-corrected chi connectivity index (χ4v) is 3.72. The van der Waals surface area contributed by atoms with Crippen molar-refractivity contribution < 1.29 is 4.79 Å². The summed E-state index contributed by atoms with van der Waals surface area (Å²) in [5.74, 6) is 1.40. The molecule has 126 valence electrons. The Morgan fingerprint density at radius 1 is 1.13 bits per heavy atom. The van der Waals surface area contributed by atoms with Gasteiger partial charge in [0.2, 0.25) is 5.91 Å². The van der Waals surface area contributed by atoms with Crippen molar-refractivity contribution in [1.82, 2.24) is 9.80 Å². The van der Waals surface area contributed by atoms with E-state index in [2.05, 4.69) is 36.1 Å². The van der Waals surface area contributed by atoms with Crippen molar-refractivity contribution in [1.29, 1.82) is 0 Å². The first-order valence-electron chi connectivity index (χ1n) is 9.14. The fraction of sp³-hybridized carbons (Fsp3) is 0.650. The fourth-order valence-electron chi connectivity index (χ4n) is 3.72. The van der Waals surface area contributed by atoms with E-state index in [1.54, 1.807) is 0 Å². The molecule has 1 heterocycles. The van der Waals surface area contributed by atoms with Gasteiger partial charge in [-0.15, -0.1) is 0 Å². The molecule has 1 saturated heterocycles. The van der Waals surface area contributed by atoms with Gasteiger partial charge in [-0.2, -0.15) is 0 Å². The molecular weight excluding hydrogens is 284 g/mol. The number of rotatable bonds is 5. The van der Waals surface area contributed by atoms with Crippen molar-refractivity contribution in [3.8, 4) is 0 Å². The van der Waals surface area contributed by atoms with Crippen LogP contribution in [0, 0.1) is 18.8 Å². The van der Waals surface area contributed by atoms with Crippen LogP contribution < -0.4 is 0 Å². The lowest BCUT2D eigenvalue weighted by Gasteiger charge is -2.35. The Balaban J connectivity index is 1.41. The highest BCUT2D eigenvalue weighted by Gasteiger charge is 2.29. The summed E-state index contributed by atoms with van der Waals surface area (Å²) < 4.78 is 0. The van der Waals surface area contributed by atoms with Crippen LogP contribution >= 0.6 is 0 Å². The minimum atomic E-state index is 0.335. The zero-order chi connectivity index (χ0) is 16.2. The topological polar surface area (TPSA) is 23.6 Å². The standard InChI is InChI=1S/C20H30N2O/c1-16-6-8-17(9-7-16)15-22-12-10-18(11-13-22)14-21(2)20(23)19-4-3-5-19/h6-9,18-19H,3-5,10-15H2,1-2H3. The maximum Gasteiger partial charge on any atom is 0.225 e. The highest BCUT2D eigenvalue weighted by Crippen LogP contribution is 2.29. The van der Waals surface area contributed by atoms with Crippen LogP contribution in [0.1, 0.15) is 43.2 Å². The van der Waals surface area contributed by atoms with Gasteiger partial charge < -0.3 is 4.90 Å². The minimum Gasteiger partial charge on any atom is -0.345 e. The molecule has 0 bridgehead atoms. The van der Waals surface area contributed by atoms with Gasteiger partial charge in [0.05, 0.1) is 0 Å². The van der Waals surface area contributed by atoms with Crippen LogP contribution in [0.3, 0.4) is 0 Å². The van der Waals surface area contributed by atoms with Crippen LogP contribution in [0.2, 0.25) is 0 Å². The summed E-state index contributed by atoms with van der Waals surface area (Å²) in [4.78, 5) is 16.8. The zero-order valence-corrected chi connectivity index (χ0v) is 14.6. The number of carbonyl (C=O) groups excluding carboxylic acids is 1. The summed E-state index contributed by atoms with van der Waals surface area (Å²) in [6.45, 7) is 6.46. The molecule has 0 radical (unpaired) electrons. The van der Waals surface area contributed by atoms with E-state index in [4.69, 9.17) is 0 Å². The highest BCUT2D eigenvalue weighted by atomic mass is 16.2. The van der Waals surface area contributed by atoms with Gasteiger partial charge in [-0.05, 0) is 57.2 Å². The molecule has 3 rings (SSSR count). The first kappa shape index (κ1) is 16.5. The van der Waals surface area contributed by atoms with Crippen molar-refractivity contribution >= 4 is 5.91 Å². The van der Waals surface area contributed by atoms with E-state index in [0.29, 0.717) is 17.7 Å². The van der Waals surface area contributed by atoms with Gasteiger partial charge in [0, 0.05) is 26.1 Å². The van der Waals surface area contributed by atoms with Crippen molar-refractivity contribution in [3.05, 3.63) is 35.4 Å². The largest absolute Gasteiger partial charge is 0.345 e. The van der Waals surface area contributed by atoms with E-state index in [0.717, 1.165) is 39.0 Å². The third-order valence-corrected chi connectivity index (χ3v) is 5.60. The number of nitrogens with zero attached hydrogens (tertiary/aromatic N) is 2. The molecule has 3 nitrogen and oxygen atoms in total. The van der Waals surface area contributed by atoms with Gasteiger partial charge in [0.15, 0.2) is 0 Å². The SMILES string of the molecule is Cc1ccc(CN2CCC(CN(C)C(=O)C3CCC3)CC2)cc1. The van der Waals surface area contributed by atoms with Gasteiger partial charge in [-0.1, -0.05) is 36.2 Å². The molecule has 0 aromatic heterocycles. The van der Waals surface area contributed by atoms with E-state index in [-0.39, 0.29) is 0 Å². The van der Waals surface area contributed by atoms with Gasteiger partial charge in [-0.25, -0.2) is 0 Å². The van der Waals surface area contributed by atoms with Crippen LogP contribution in [0.4, 0.5) is 0 Å². The number of hydrogen-bond donors (Lipinski definition) is 0. The summed E-state index contributed by atoms with van der Waals surface area (Å²) >= 11 is 0. The number of piperidine rings is 1. The lowest BCUT2D eigenvalue weighted by atomic mass is 9.84. The van der Waals surface area contributed by atoms with Crippen molar-refractivity contribution in [2.45, 2.75) is 45.6 Å². The average Bonchev–Trinajstić information content (AvgIpc) is 2.50. The molecule has 0 spiro atoms. The molecule has 1 amide bonds. The summed E-state index contributed by atoms with van der Waals surface area (Å²) in [5.41, 5.74) is 2.73. The molecule has 1 aromatic rings. The Kier molecular flexibility index (Phi) is 5.37. The van der Waals surface area contributed by atoms with E-state index in [1.165, 1.54) is 30.4 Å². The number of carbonyl (C=O) groups is 1. The second-order valence-corrected chi connectivity index (χ2v) is 7.55. The van der Waals surface area contributed by atoms with Gasteiger partial charge in [0.25, 0.3) is 0 Å². The average molecular weight is 314 g/mol. The van der Waals surface area contributed by atoms with E-state index >= 15 is 0 Å². The quantitative estimate of drug-likeness (QED) is 0.831. The molecule has 0 atom stereocenters. The van der Waals surface area contributed by atoms with E-state index in [9.17, 15) is 4.79 Å². The third kappa shape index (κ3) is 4.35. The normalized spacial score (nSPS) is 20.3. The molecule has 3 heteroatoms. The second-order valence-electron chi connectivity index (χ2n) is 7.55. The Labute approximate surface area is 140 Å². The number of hydrogen-bond acceptors (Lipinski definition) is 2. The number of likely N-dealkylation sites (tertiary alicyclic amines) is 1.